The number of benzene rings is 2. The molecule has 0 radical (unpaired) electrons. The first kappa shape index (κ1) is 13.0. The lowest BCUT2D eigenvalue weighted by atomic mass is 10.3. The Morgan fingerprint density at radius 2 is 1.61 bits per heavy atom. The molecule has 0 saturated carbocycles. The van der Waals surface area contributed by atoms with Gasteiger partial charge < -0.3 is 0 Å². The van der Waals surface area contributed by atoms with E-state index in [9.17, 15) is 12.8 Å². The van der Waals surface area contributed by atoms with E-state index < -0.39 is 15.8 Å². The second-order valence-corrected chi connectivity index (χ2v) is 6.05. The van der Waals surface area contributed by atoms with Crippen molar-refractivity contribution in [2.45, 2.75) is 4.90 Å². The van der Waals surface area contributed by atoms with Crippen molar-refractivity contribution >= 4 is 31.6 Å². The lowest BCUT2D eigenvalue weighted by Gasteiger charge is -2.09. The Balaban J connectivity index is 2.33. The van der Waals surface area contributed by atoms with Gasteiger partial charge in [-0.1, -0.05) is 12.1 Å². The molecule has 0 aliphatic heterocycles. The molecule has 0 unspecified atom stereocenters. The smallest absolute Gasteiger partial charge is 0.263 e. The summed E-state index contributed by atoms with van der Waals surface area (Å²) in [5.74, 6) is -0.418. The minimum absolute atomic E-state index is 0.134. The molecule has 2 rings (SSSR count). The van der Waals surface area contributed by atoms with Gasteiger partial charge in [0.15, 0.2) is 0 Å². The Morgan fingerprint density at radius 3 is 2.22 bits per heavy atom. The standard InChI is InChI=1S/C12H9BrFNO2S/c13-11-3-1-2-4-12(11)18(16,17)15-10-7-5-9(14)6-8-10/h1-8,15H. The number of nitrogens with one attached hydrogen (secondary N) is 1. The third kappa shape index (κ3) is 2.88. The number of halogens is 2. The normalized spacial score (nSPS) is 11.2. The van der Waals surface area contributed by atoms with Gasteiger partial charge in [-0.05, 0) is 52.3 Å². The van der Waals surface area contributed by atoms with Gasteiger partial charge in [-0.3, -0.25) is 4.72 Å². The largest absolute Gasteiger partial charge is 0.280 e. The number of hydrogen-bond donors (Lipinski definition) is 1. The average Bonchev–Trinajstić information content (AvgIpc) is 2.32. The molecular weight excluding hydrogens is 321 g/mol. The van der Waals surface area contributed by atoms with Crippen LogP contribution in [0.5, 0.6) is 0 Å². The zero-order valence-corrected chi connectivity index (χ0v) is 11.5. The Kier molecular flexibility index (Phi) is 3.68. The molecule has 0 heterocycles. The second-order valence-electron chi connectivity index (χ2n) is 3.54. The van der Waals surface area contributed by atoms with E-state index in [2.05, 4.69) is 20.7 Å². The van der Waals surface area contributed by atoms with Crippen LogP contribution in [-0.2, 0) is 10.0 Å². The summed E-state index contributed by atoms with van der Waals surface area (Å²) in [6.07, 6.45) is 0. The van der Waals surface area contributed by atoms with E-state index in [1.165, 1.54) is 30.3 Å². The van der Waals surface area contributed by atoms with E-state index in [-0.39, 0.29) is 4.90 Å². The van der Waals surface area contributed by atoms with E-state index in [1.807, 2.05) is 0 Å². The van der Waals surface area contributed by atoms with E-state index >= 15 is 0 Å². The average molecular weight is 330 g/mol. The van der Waals surface area contributed by atoms with Gasteiger partial charge >= 0.3 is 0 Å². The van der Waals surface area contributed by atoms with Crippen LogP contribution in [0.15, 0.2) is 57.9 Å². The van der Waals surface area contributed by atoms with Crippen LogP contribution in [0.4, 0.5) is 10.1 Å². The number of anilines is 1. The highest BCUT2D eigenvalue weighted by molar-refractivity contribution is 9.10. The first-order chi connectivity index (χ1) is 8.49. The summed E-state index contributed by atoms with van der Waals surface area (Å²) in [5, 5.41) is 0. The molecular formula is C12H9BrFNO2S. The molecule has 1 N–H and O–H groups in total. The van der Waals surface area contributed by atoms with Crippen molar-refractivity contribution in [3.63, 3.8) is 0 Å². The first-order valence-corrected chi connectivity index (χ1v) is 7.29. The molecule has 0 spiro atoms. The van der Waals surface area contributed by atoms with Gasteiger partial charge in [0, 0.05) is 10.2 Å². The van der Waals surface area contributed by atoms with Crippen molar-refractivity contribution in [2.24, 2.45) is 0 Å². The number of sulfonamides is 1. The molecule has 0 aromatic heterocycles. The van der Waals surface area contributed by atoms with Gasteiger partial charge in [-0.15, -0.1) is 0 Å². The summed E-state index contributed by atoms with van der Waals surface area (Å²) < 4.78 is 39.7. The summed E-state index contributed by atoms with van der Waals surface area (Å²) in [6, 6.07) is 11.6. The fourth-order valence-corrected chi connectivity index (χ4v) is 3.45. The fraction of sp³-hybridized carbons (Fsp3) is 0. The molecule has 0 saturated heterocycles. The van der Waals surface area contributed by atoms with Crippen LogP contribution in [0.25, 0.3) is 0 Å². The third-order valence-corrected chi connectivity index (χ3v) is 4.62. The van der Waals surface area contributed by atoms with Gasteiger partial charge in [0.25, 0.3) is 10.0 Å². The lowest BCUT2D eigenvalue weighted by molar-refractivity contribution is 0.600. The Morgan fingerprint density at radius 1 is 1.00 bits per heavy atom. The van der Waals surface area contributed by atoms with Gasteiger partial charge in [0.05, 0.1) is 0 Å². The van der Waals surface area contributed by atoms with Gasteiger partial charge in [-0.25, -0.2) is 12.8 Å². The molecule has 6 heteroatoms. The molecule has 18 heavy (non-hydrogen) atoms. The van der Waals surface area contributed by atoms with Crippen molar-refractivity contribution in [1.82, 2.24) is 0 Å². The van der Waals surface area contributed by atoms with E-state index in [1.54, 1.807) is 18.2 Å². The summed E-state index contributed by atoms with van der Waals surface area (Å²) in [6.45, 7) is 0. The quantitative estimate of drug-likeness (QED) is 0.938. The SMILES string of the molecule is O=S(=O)(Nc1ccc(F)cc1)c1ccccc1Br. The predicted molar refractivity (Wildman–Crippen MR) is 71.4 cm³/mol. The zero-order chi connectivity index (χ0) is 13.2. The maximum absolute atomic E-state index is 12.7. The molecule has 0 bridgehead atoms. The maximum Gasteiger partial charge on any atom is 0.263 e. The molecule has 2 aromatic rings. The van der Waals surface area contributed by atoms with Crippen LogP contribution < -0.4 is 4.72 Å². The monoisotopic (exact) mass is 329 g/mol. The van der Waals surface area contributed by atoms with Crippen molar-refractivity contribution in [1.29, 1.82) is 0 Å². The number of hydrogen-bond acceptors (Lipinski definition) is 2. The number of rotatable bonds is 3. The van der Waals surface area contributed by atoms with E-state index in [0.29, 0.717) is 10.2 Å². The van der Waals surface area contributed by atoms with E-state index in [4.69, 9.17) is 0 Å². The summed E-state index contributed by atoms with van der Waals surface area (Å²) >= 11 is 3.18. The van der Waals surface area contributed by atoms with Gasteiger partial charge in [0.2, 0.25) is 0 Å². The lowest BCUT2D eigenvalue weighted by Crippen LogP contribution is -2.13. The van der Waals surface area contributed by atoms with Crippen LogP contribution in [0.3, 0.4) is 0 Å². The highest BCUT2D eigenvalue weighted by Crippen LogP contribution is 2.23. The topological polar surface area (TPSA) is 46.2 Å². The van der Waals surface area contributed by atoms with Gasteiger partial charge in [-0.2, -0.15) is 0 Å². The minimum atomic E-state index is -3.68. The predicted octanol–water partition coefficient (Wildman–Crippen LogP) is 3.39. The molecule has 0 amide bonds. The van der Waals surface area contributed by atoms with Crippen LogP contribution >= 0.6 is 15.9 Å². The zero-order valence-electron chi connectivity index (χ0n) is 9.10. The summed E-state index contributed by atoms with van der Waals surface area (Å²) in [4.78, 5) is 0.134. The Bertz CT molecular complexity index is 656. The molecule has 0 aliphatic carbocycles. The van der Waals surface area contributed by atoms with Crippen molar-refractivity contribution < 1.29 is 12.8 Å². The Hall–Kier alpha value is -1.40. The second kappa shape index (κ2) is 5.07. The van der Waals surface area contributed by atoms with Crippen molar-refractivity contribution in [2.75, 3.05) is 4.72 Å². The van der Waals surface area contributed by atoms with Crippen LogP contribution in [0, 0.1) is 5.82 Å². The fourth-order valence-electron chi connectivity index (χ4n) is 1.39. The minimum Gasteiger partial charge on any atom is -0.280 e. The van der Waals surface area contributed by atoms with Crippen molar-refractivity contribution in [3.05, 3.63) is 58.8 Å². The van der Waals surface area contributed by atoms with Crippen LogP contribution in [0.1, 0.15) is 0 Å². The summed E-state index contributed by atoms with van der Waals surface area (Å²) in [7, 11) is -3.68. The maximum atomic E-state index is 12.7. The summed E-state index contributed by atoms with van der Waals surface area (Å²) in [5.41, 5.74) is 0.312. The van der Waals surface area contributed by atoms with E-state index in [0.717, 1.165) is 0 Å². The highest BCUT2D eigenvalue weighted by Gasteiger charge is 2.16. The Labute approximate surface area is 113 Å². The molecule has 3 nitrogen and oxygen atoms in total. The molecule has 0 fully saturated rings. The van der Waals surface area contributed by atoms with Gasteiger partial charge in [0.1, 0.15) is 10.7 Å². The molecule has 0 aliphatic rings. The van der Waals surface area contributed by atoms with Crippen LogP contribution in [0.2, 0.25) is 0 Å². The van der Waals surface area contributed by atoms with Crippen LogP contribution in [-0.4, -0.2) is 8.42 Å². The van der Waals surface area contributed by atoms with Crippen molar-refractivity contribution in [3.8, 4) is 0 Å². The molecule has 2 aromatic carbocycles. The molecule has 94 valence electrons. The highest BCUT2D eigenvalue weighted by atomic mass is 79.9. The third-order valence-electron chi connectivity index (χ3n) is 2.22. The first-order valence-electron chi connectivity index (χ1n) is 5.02. The molecule has 0 atom stereocenters.